The van der Waals surface area contributed by atoms with Crippen LogP contribution in [0.2, 0.25) is 0 Å². The van der Waals surface area contributed by atoms with E-state index in [0.717, 1.165) is 25.1 Å². The lowest BCUT2D eigenvalue weighted by Gasteiger charge is -2.23. The van der Waals surface area contributed by atoms with Gasteiger partial charge in [0, 0.05) is 24.2 Å². The average Bonchev–Trinajstić information content (AvgIpc) is 2.77. The summed E-state index contributed by atoms with van der Waals surface area (Å²) in [5.74, 6) is 0.202. The first-order valence-corrected chi connectivity index (χ1v) is 7.81. The van der Waals surface area contributed by atoms with Gasteiger partial charge in [-0.1, -0.05) is 18.6 Å². The number of piperidine rings is 1. The van der Waals surface area contributed by atoms with Crippen LogP contribution in [0.25, 0.3) is 0 Å². The molecule has 1 unspecified atom stereocenters. The van der Waals surface area contributed by atoms with Crippen LogP contribution in [0, 0.1) is 0 Å². The van der Waals surface area contributed by atoms with Crippen molar-refractivity contribution in [3.05, 3.63) is 34.9 Å². The lowest BCUT2D eigenvalue weighted by molar-refractivity contribution is 0.0730. The summed E-state index contributed by atoms with van der Waals surface area (Å²) in [7, 11) is 0. The van der Waals surface area contributed by atoms with Gasteiger partial charge in [0.1, 0.15) is 0 Å². The molecule has 1 fully saturated rings. The van der Waals surface area contributed by atoms with Crippen molar-refractivity contribution in [2.45, 2.75) is 58.2 Å². The summed E-state index contributed by atoms with van der Waals surface area (Å²) >= 11 is 0. The molecule has 2 aliphatic rings. The van der Waals surface area contributed by atoms with Crippen LogP contribution < -0.4 is 5.32 Å². The van der Waals surface area contributed by atoms with Crippen molar-refractivity contribution in [2.24, 2.45) is 0 Å². The number of fused-ring (bicyclic) bond motifs is 1. The summed E-state index contributed by atoms with van der Waals surface area (Å²) < 4.78 is 0. The van der Waals surface area contributed by atoms with Gasteiger partial charge in [0.25, 0.3) is 5.91 Å². The fourth-order valence-electron chi connectivity index (χ4n) is 3.30. The van der Waals surface area contributed by atoms with Crippen molar-refractivity contribution in [1.82, 2.24) is 10.2 Å². The summed E-state index contributed by atoms with van der Waals surface area (Å²) in [6.45, 7) is 6.07. The molecule has 0 aromatic heterocycles. The molecule has 3 rings (SSSR count). The molecule has 2 heterocycles. The molecule has 1 atom stereocenters. The van der Waals surface area contributed by atoms with E-state index in [4.69, 9.17) is 0 Å². The standard InChI is InChI=1S/C17H24N2O/c1-12(2)19-11-14-7-6-13(10-16(14)17(19)20)9-15-5-3-4-8-18-15/h6-7,10,12,15,18H,3-5,8-9,11H2,1-2H3. The summed E-state index contributed by atoms with van der Waals surface area (Å²) in [5.41, 5.74) is 3.40. The second kappa shape index (κ2) is 5.57. The number of benzene rings is 1. The molecule has 3 heteroatoms. The number of hydrogen-bond donors (Lipinski definition) is 1. The molecule has 1 N–H and O–H groups in total. The number of rotatable bonds is 3. The molecule has 3 nitrogen and oxygen atoms in total. The number of carbonyl (C=O) groups is 1. The zero-order chi connectivity index (χ0) is 14.1. The Labute approximate surface area is 121 Å². The lowest BCUT2D eigenvalue weighted by atomic mass is 9.96. The smallest absolute Gasteiger partial charge is 0.254 e. The van der Waals surface area contributed by atoms with Crippen LogP contribution in [0.3, 0.4) is 0 Å². The molecule has 0 spiro atoms. The van der Waals surface area contributed by atoms with Gasteiger partial charge in [-0.25, -0.2) is 0 Å². The van der Waals surface area contributed by atoms with Crippen molar-refractivity contribution in [2.75, 3.05) is 6.54 Å². The molecule has 0 radical (unpaired) electrons. The summed E-state index contributed by atoms with van der Waals surface area (Å²) in [5, 5.41) is 3.58. The highest BCUT2D eigenvalue weighted by molar-refractivity contribution is 5.98. The predicted molar refractivity (Wildman–Crippen MR) is 80.8 cm³/mol. The van der Waals surface area contributed by atoms with Gasteiger partial charge in [0.05, 0.1) is 0 Å². The minimum atomic E-state index is 0.202. The summed E-state index contributed by atoms with van der Waals surface area (Å²) in [6.07, 6.45) is 4.91. The zero-order valence-corrected chi connectivity index (χ0v) is 12.5. The van der Waals surface area contributed by atoms with Crippen LogP contribution in [0.4, 0.5) is 0 Å². The molecule has 108 valence electrons. The predicted octanol–water partition coefficient (Wildman–Crippen LogP) is 2.74. The second-order valence-corrected chi connectivity index (χ2v) is 6.37. The number of nitrogens with one attached hydrogen (secondary N) is 1. The van der Waals surface area contributed by atoms with Crippen LogP contribution in [0.5, 0.6) is 0 Å². The van der Waals surface area contributed by atoms with E-state index < -0.39 is 0 Å². The quantitative estimate of drug-likeness (QED) is 0.917. The zero-order valence-electron chi connectivity index (χ0n) is 12.5. The summed E-state index contributed by atoms with van der Waals surface area (Å²) in [6, 6.07) is 7.33. The Morgan fingerprint density at radius 2 is 2.20 bits per heavy atom. The molecular weight excluding hydrogens is 248 g/mol. The van der Waals surface area contributed by atoms with Gasteiger partial charge in [0.15, 0.2) is 0 Å². The minimum absolute atomic E-state index is 0.202. The third-order valence-electron chi connectivity index (χ3n) is 4.52. The maximum Gasteiger partial charge on any atom is 0.254 e. The third-order valence-corrected chi connectivity index (χ3v) is 4.52. The van der Waals surface area contributed by atoms with E-state index in [-0.39, 0.29) is 11.9 Å². The Kier molecular flexibility index (Phi) is 3.79. The van der Waals surface area contributed by atoms with E-state index in [9.17, 15) is 4.79 Å². The van der Waals surface area contributed by atoms with Gasteiger partial charge in [-0.3, -0.25) is 4.79 Å². The van der Waals surface area contributed by atoms with Crippen LogP contribution in [0.1, 0.15) is 54.6 Å². The maximum absolute atomic E-state index is 12.4. The number of nitrogens with zero attached hydrogens (tertiary/aromatic N) is 1. The molecule has 1 aromatic carbocycles. The van der Waals surface area contributed by atoms with Crippen molar-refractivity contribution in [3.63, 3.8) is 0 Å². The summed E-state index contributed by atoms with van der Waals surface area (Å²) in [4.78, 5) is 14.3. The van der Waals surface area contributed by atoms with Gasteiger partial charge in [-0.05, 0) is 56.8 Å². The molecule has 1 aromatic rings. The van der Waals surface area contributed by atoms with E-state index in [1.807, 2.05) is 4.90 Å². The van der Waals surface area contributed by atoms with Gasteiger partial charge in [-0.2, -0.15) is 0 Å². The minimum Gasteiger partial charge on any atom is -0.332 e. The largest absolute Gasteiger partial charge is 0.332 e. The Morgan fingerprint density at radius 3 is 2.90 bits per heavy atom. The second-order valence-electron chi connectivity index (χ2n) is 6.37. The monoisotopic (exact) mass is 272 g/mol. The van der Waals surface area contributed by atoms with E-state index in [2.05, 4.69) is 37.4 Å². The van der Waals surface area contributed by atoms with Gasteiger partial charge >= 0.3 is 0 Å². The first kappa shape index (κ1) is 13.6. The highest BCUT2D eigenvalue weighted by atomic mass is 16.2. The molecule has 0 aliphatic carbocycles. The highest BCUT2D eigenvalue weighted by Crippen LogP contribution is 2.26. The van der Waals surface area contributed by atoms with Gasteiger partial charge < -0.3 is 10.2 Å². The van der Waals surface area contributed by atoms with Crippen LogP contribution >= 0.6 is 0 Å². The first-order chi connectivity index (χ1) is 9.65. The molecule has 0 bridgehead atoms. The highest BCUT2D eigenvalue weighted by Gasteiger charge is 2.29. The van der Waals surface area contributed by atoms with E-state index in [0.29, 0.717) is 6.04 Å². The average molecular weight is 272 g/mol. The molecule has 20 heavy (non-hydrogen) atoms. The molecular formula is C17H24N2O. The molecule has 1 amide bonds. The SMILES string of the molecule is CC(C)N1Cc2ccc(CC3CCCCN3)cc2C1=O. The van der Waals surface area contributed by atoms with Gasteiger partial charge in [0.2, 0.25) is 0 Å². The molecule has 1 saturated heterocycles. The Bertz CT molecular complexity index is 504. The van der Waals surface area contributed by atoms with Crippen molar-refractivity contribution >= 4 is 5.91 Å². The number of amides is 1. The Hall–Kier alpha value is -1.35. The fraction of sp³-hybridized carbons (Fsp3) is 0.588. The molecule has 0 saturated carbocycles. The normalized spacial score (nSPS) is 22.4. The molecule has 2 aliphatic heterocycles. The third kappa shape index (κ3) is 2.59. The van der Waals surface area contributed by atoms with E-state index in [1.165, 1.54) is 30.4 Å². The van der Waals surface area contributed by atoms with Crippen molar-refractivity contribution < 1.29 is 4.79 Å². The number of hydrogen-bond acceptors (Lipinski definition) is 2. The van der Waals surface area contributed by atoms with Crippen LogP contribution in [-0.4, -0.2) is 29.4 Å². The Balaban J connectivity index is 1.75. The van der Waals surface area contributed by atoms with Crippen molar-refractivity contribution in [3.8, 4) is 0 Å². The fourth-order valence-corrected chi connectivity index (χ4v) is 3.30. The topological polar surface area (TPSA) is 32.3 Å². The van der Waals surface area contributed by atoms with Crippen molar-refractivity contribution in [1.29, 1.82) is 0 Å². The lowest BCUT2D eigenvalue weighted by Crippen LogP contribution is -2.35. The first-order valence-electron chi connectivity index (χ1n) is 7.81. The van der Waals surface area contributed by atoms with Crippen LogP contribution in [0.15, 0.2) is 18.2 Å². The van der Waals surface area contributed by atoms with Crippen LogP contribution in [-0.2, 0) is 13.0 Å². The van der Waals surface area contributed by atoms with E-state index >= 15 is 0 Å². The maximum atomic E-state index is 12.4. The Morgan fingerprint density at radius 1 is 1.35 bits per heavy atom. The number of carbonyl (C=O) groups excluding carboxylic acids is 1. The van der Waals surface area contributed by atoms with E-state index in [1.54, 1.807) is 0 Å². The van der Waals surface area contributed by atoms with Gasteiger partial charge in [-0.15, -0.1) is 0 Å².